The number of amides is 2. The van der Waals surface area contributed by atoms with E-state index in [9.17, 15) is 19.6 Å². The molecule has 2 aromatic rings. The summed E-state index contributed by atoms with van der Waals surface area (Å²) in [6, 6.07) is 13.0. The van der Waals surface area contributed by atoms with Crippen molar-refractivity contribution in [1.82, 2.24) is 4.90 Å². The van der Waals surface area contributed by atoms with Gasteiger partial charge in [-0.05, 0) is 49.3 Å². The second-order valence-corrected chi connectivity index (χ2v) is 7.75. The van der Waals surface area contributed by atoms with E-state index in [1.54, 1.807) is 19.1 Å². The number of esters is 1. The van der Waals surface area contributed by atoms with Crippen LogP contribution in [0.25, 0.3) is 17.4 Å². The molecule has 1 aromatic carbocycles. The van der Waals surface area contributed by atoms with Gasteiger partial charge in [-0.25, -0.2) is 0 Å². The maximum atomic E-state index is 13.0. The third kappa shape index (κ3) is 5.01. The Morgan fingerprint density at radius 1 is 1.19 bits per heavy atom. The van der Waals surface area contributed by atoms with E-state index in [0.717, 1.165) is 14.9 Å². The van der Waals surface area contributed by atoms with Crippen molar-refractivity contribution >= 4 is 39.8 Å². The zero-order valence-corrected chi connectivity index (χ0v) is 18.6. The summed E-state index contributed by atoms with van der Waals surface area (Å²) in [5.41, 5.74) is 1.28. The quantitative estimate of drug-likeness (QED) is 0.264. The molecule has 0 atom stereocenters. The summed E-state index contributed by atoms with van der Waals surface area (Å²) in [4.78, 5) is 37.5. The Labute approximate surface area is 187 Å². The number of carbonyl (C=O) groups is 3. The molecule has 31 heavy (non-hydrogen) atoms. The van der Waals surface area contributed by atoms with Gasteiger partial charge < -0.3 is 9.15 Å². The molecule has 0 saturated carbocycles. The highest BCUT2D eigenvalue weighted by Crippen LogP contribution is 2.29. The molecule has 0 N–H and O–H groups in total. The number of nitrogens with zero attached hydrogens (tertiary/aromatic N) is 2. The van der Waals surface area contributed by atoms with Crippen molar-refractivity contribution in [3.63, 3.8) is 0 Å². The number of furan rings is 1. The Hall–Kier alpha value is -3.44. The van der Waals surface area contributed by atoms with Crippen LogP contribution >= 0.6 is 15.9 Å². The normalized spacial score (nSPS) is 15.4. The molecule has 8 heteroatoms. The average molecular weight is 483 g/mol. The third-order valence-corrected chi connectivity index (χ3v) is 5.23. The lowest BCUT2D eigenvalue weighted by molar-refractivity contribution is -0.141. The van der Waals surface area contributed by atoms with Crippen LogP contribution in [0.15, 0.2) is 62.0 Å². The molecule has 0 fully saturated rings. The summed E-state index contributed by atoms with van der Waals surface area (Å²) < 4.78 is 11.7. The van der Waals surface area contributed by atoms with Gasteiger partial charge in [0.1, 0.15) is 23.2 Å². The first kappa shape index (κ1) is 22.2. The van der Waals surface area contributed by atoms with Crippen molar-refractivity contribution in [2.24, 2.45) is 0 Å². The van der Waals surface area contributed by atoms with E-state index >= 15 is 0 Å². The summed E-state index contributed by atoms with van der Waals surface area (Å²) in [5, 5.41) is 9.45. The lowest BCUT2D eigenvalue weighted by atomic mass is 9.94. The molecule has 7 nitrogen and oxygen atoms in total. The van der Waals surface area contributed by atoms with Crippen LogP contribution in [0.4, 0.5) is 0 Å². The highest BCUT2D eigenvalue weighted by Gasteiger charge is 2.35. The second kappa shape index (κ2) is 9.58. The number of hydrogen-bond donors (Lipinski definition) is 0. The van der Waals surface area contributed by atoms with Crippen LogP contribution in [0.2, 0.25) is 0 Å². The van der Waals surface area contributed by atoms with Crippen molar-refractivity contribution < 1.29 is 23.5 Å². The number of ether oxygens (including phenoxy) is 1. The zero-order chi connectivity index (χ0) is 22.5. The first-order valence-electron chi connectivity index (χ1n) is 9.50. The Balaban J connectivity index is 1.89. The van der Waals surface area contributed by atoms with E-state index in [4.69, 9.17) is 9.15 Å². The van der Waals surface area contributed by atoms with E-state index in [2.05, 4.69) is 15.9 Å². The largest absolute Gasteiger partial charge is 0.466 e. The monoisotopic (exact) mass is 482 g/mol. The maximum Gasteiger partial charge on any atom is 0.302 e. The van der Waals surface area contributed by atoms with Crippen LogP contribution in [0.3, 0.4) is 0 Å². The molecular formula is C23H19BrN2O5. The third-order valence-electron chi connectivity index (χ3n) is 4.70. The average Bonchev–Trinajstić information content (AvgIpc) is 3.20. The highest BCUT2D eigenvalue weighted by molar-refractivity contribution is 9.10. The molecule has 0 bridgehead atoms. The Bertz CT molecular complexity index is 1140. The fraction of sp³-hybridized carbons (Fsp3) is 0.217. The predicted molar refractivity (Wildman–Crippen MR) is 116 cm³/mol. The van der Waals surface area contributed by atoms with Gasteiger partial charge in [0.2, 0.25) is 0 Å². The van der Waals surface area contributed by atoms with Gasteiger partial charge in [0.25, 0.3) is 11.8 Å². The van der Waals surface area contributed by atoms with Crippen molar-refractivity contribution in [3.05, 3.63) is 63.4 Å². The van der Waals surface area contributed by atoms with E-state index in [1.807, 2.05) is 30.3 Å². The molecule has 158 valence electrons. The Kier molecular flexibility index (Phi) is 6.88. The molecule has 0 spiro atoms. The second-order valence-electron chi connectivity index (χ2n) is 6.83. The van der Waals surface area contributed by atoms with Gasteiger partial charge in [-0.2, -0.15) is 5.26 Å². The fourth-order valence-electron chi connectivity index (χ4n) is 3.11. The molecule has 3 rings (SSSR count). The van der Waals surface area contributed by atoms with Gasteiger partial charge in [-0.3, -0.25) is 19.3 Å². The molecular weight excluding hydrogens is 464 g/mol. The predicted octanol–water partition coefficient (Wildman–Crippen LogP) is 4.25. The molecule has 1 aliphatic rings. The summed E-state index contributed by atoms with van der Waals surface area (Å²) in [6.07, 6.45) is 1.80. The lowest BCUT2D eigenvalue weighted by Gasteiger charge is -2.27. The van der Waals surface area contributed by atoms with Crippen molar-refractivity contribution in [1.29, 1.82) is 5.26 Å². The lowest BCUT2D eigenvalue weighted by Crippen LogP contribution is -2.43. The van der Waals surface area contributed by atoms with Gasteiger partial charge in [0.15, 0.2) is 0 Å². The number of benzene rings is 1. The summed E-state index contributed by atoms with van der Waals surface area (Å²) in [6.45, 7) is 2.95. The summed E-state index contributed by atoms with van der Waals surface area (Å²) >= 11 is 3.39. The molecule has 0 radical (unpaired) electrons. The molecule has 2 amide bonds. The summed E-state index contributed by atoms with van der Waals surface area (Å²) in [7, 11) is 0. The van der Waals surface area contributed by atoms with Gasteiger partial charge in [-0.15, -0.1) is 0 Å². The molecule has 1 aliphatic heterocycles. The SMILES string of the molecule is CC(=O)OCCCN1C(=O)C(C#N)=C(C)/C(=C\c2ccc(-c3ccc(Br)cc3)o2)C1=O. The van der Waals surface area contributed by atoms with Crippen molar-refractivity contribution in [3.8, 4) is 17.4 Å². The van der Waals surface area contributed by atoms with Gasteiger partial charge in [0, 0.05) is 29.1 Å². The van der Waals surface area contributed by atoms with Crippen LogP contribution in [0, 0.1) is 11.3 Å². The Morgan fingerprint density at radius 3 is 2.55 bits per heavy atom. The topological polar surface area (TPSA) is 101 Å². The van der Waals surface area contributed by atoms with Crippen molar-refractivity contribution in [2.45, 2.75) is 20.3 Å². The van der Waals surface area contributed by atoms with Crippen LogP contribution in [0.1, 0.15) is 26.0 Å². The number of nitriles is 1. The first-order valence-corrected chi connectivity index (χ1v) is 10.3. The molecule has 2 heterocycles. The van der Waals surface area contributed by atoms with Gasteiger partial charge in [0.05, 0.1) is 6.61 Å². The minimum Gasteiger partial charge on any atom is -0.466 e. The van der Waals surface area contributed by atoms with Crippen LogP contribution in [-0.2, 0) is 19.1 Å². The molecule has 0 unspecified atom stereocenters. The van der Waals surface area contributed by atoms with E-state index in [0.29, 0.717) is 17.1 Å². The van der Waals surface area contributed by atoms with E-state index < -0.39 is 17.8 Å². The van der Waals surface area contributed by atoms with Crippen LogP contribution < -0.4 is 0 Å². The fourth-order valence-corrected chi connectivity index (χ4v) is 3.38. The van der Waals surface area contributed by atoms with E-state index in [-0.39, 0.29) is 30.7 Å². The molecule has 0 saturated heterocycles. The number of halogens is 1. The zero-order valence-electron chi connectivity index (χ0n) is 17.0. The number of hydrogen-bond acceptors (Lipinski definition) is 6. The number of rotatable bonds is 6. The first-order chi connectivity index (χ1) is 14.8. The van der Waals surface area contributed by atoms with Crippen LogP contribution in [-0.4, -0.2) is 35.8 Å². The smallest absolute Gasteiger partial charge is 0.302 e. The molecule has 1 aromatic heterocycles. The van der Waals surface area contributed by atoms with Gasteiger partial charge >= 0.3 is 5.97 Å². The highest BCUT2D eigenvalue weighted by atomic mass is 79.9. The van der Waals surface area contributed by atoms with Gasteiger partial charge in [-0.1, -0.05) is 28.1 Å². The number of imide groups is 1. The molecule has 0 aliphatic carbocycles. The van der Waals surface area contributed by atoms with Crippen LogP contribution in [0.5, 0.6) is 0 Å². The van der Waals surface area contributed by atoms with Crippen molar-refractivity contribution in [2.75, 3.05) is 13.2 Å². The maximum absolute atomic E-state index is 13.0. The Morgan fingerprint density at radius 2 is 1.90 bits per heavy atom. The minimum absolute atomic E-state index is 0.0308. The van der Waals surface area contributed by atoms with E-state index in [1.165, 1.54) is 13.0 Å². The summed E-state index contributed by atoms with van der Waals surface area (Å²) in [5.74, 6) is -0.568. The standard InChI is InChI=1S/C23H19BrN2O5/c1-14-19(12-18-8-9-21(31-18)16-4-6-17(24)7-5-16)22(28)26(23(29)20(14)13-25)10-3-11-30-15(2)27/h4-9,12H,3,10-11H2,1-2H3/b19-12+. The number of carbonyl (C=O) groups excluding carboxylic acids is 3. The minimum atomic E-state index is -0.653.